The van der Waals surface area contributed by atoms with Crippen molar-refractivity contribution in [3.8, 4) is 0 Å². The molecule has 0 aromatic carbocycles. The van der Waals surface area contributed by atoms with Crippen LogP contribution in [0.3, 0.4) is 0 Å². The summed E-state index contributed by atoms with van der Waals surface area (Å²) in [5.74, 6) is 0.338. The zero-order valence-corrected chi connectivity index (χ0v) is 11.6. The third-order valence-electron chi connectivity index (χ3n) is 2.14. The Morgan fingerprint density at radius 2 is 2.47 bits per heavy atom. The van der Waals surface area contributed by atoms with Crippen molar-refractivity contribution in [1.82, 2.24) is 10.5 Å². The van der Waals surface area contributed by atoms with Gasteiger partial charge in [0, 0.05) is 24.5 Å². The first kappa shape index (κ1) is 14.2. The molecule has 0 bridgehead atoms. The van der Waals surface area contributed by atoms with Crippen molar-refractivity contribution in [2.45, 2.75) is 31.2 Å². The maximum atomic E-state index is 11.6. The Morgan fingerprint density at radius 3 is 3.12 bits per heavy atom. The van der Waals surface area contributed by atoms with Gasteiger partial charge in [0.05, 0.1) is 0 Å². The van der Waals surface area contributed by atoms with Crippen molar-refractivity contribution in [2.24, 2.45) is 0 Å². The van der Waals surface area contributed by atoms with Crippen molar-refractivity contribution in [1.29, 1.82) is 0 Å². The molecule has 0 aliphatic rings. The summed E-state index contributed by atoms with van der Waals surface area (Å²) in [6, 6.07) is 1.59. The fourth-order valence-corrected chi connectivity index (χ4v) is 1.63. The molecule has 1 atom stereocenters. The van der Waals surface area contributed by atoms with E-state index >= 15 is 0 Å². The number of ether oxygens (including phenoxy) is 1. The van der Waals surface area contributed by atoms with Crippen molar-refractivity contribution < 1.29 is 14.1 Å². The highest BCUT2D eigenvalue weighted by atomic mass is 79.9. The van der Waals surface area contributed by atoms with Crippen molar-refractivity contribution in [2.75, 3.05) is 13.7 Å². The fraction of sp³-hybridized carbons (Fsp3) is 0.636. The van der Waals surface area contributed by atoms with Crippen LogP contribution >= 0.6 is 15.9 Å². The number of carbonyl (C=O) groups excluding carboxylic acids is 1. The van der Waals surface area contributed by atoms with Gasteiger partial charge in [-0.1, -0.05) is 28.0 Å². The van der Waals surface area contributed by atoms with Gasteiger partial charge < -0.3 is 14.6 Å². The van der Waals surface area contributed by atoms with Gasteiger partial charge in [-0.3, -0.25) is 4.79 Å². The maximum absolute atomic E-state index is 11.6. The summed E-state index contributed by atoms with van der Waals surface area (Å²) in [4.78, 5) is 12.1. The molecule has 1 unspecified atom stereocenters. The third kappa shape index (κ3) is 5.32. The van der Waals surface area contributed by atoms with Crippen LogP contribution < -0.4 is 5.32 Å². The molecule has 5 nitrogen and oxygen atoms in total. The van der Waals surface area contributed by atoms with Crippen LogP contribution in [-0.4, -0.2) is 29.5 Å². The molecule has 0 fully saturated rings. The van der Waals surface area contributed by atoms with E-state index in [1.54, 1.807) is 13.2 Å². The van der Waals surface area contributed by atoms with E-state index < -0.39 is 0 Å². The molecule has 0 spiro atoms. The summed E-state index contributed by atoms with van der Waals surface area (Å²) in [7, 11) is 1.56. The van der Waals surface area contributed by atoms with Crippen LogP contribution in [0.15, 0.2) is 10.6 Å². The molecule has 1 amide bonds. The average molecular weight is 305 g/mol. The maximum Gasteiger partial charge on any atom is 0.273 e. The largest absolute Gasteiger partial charge is 0.377 e. The number of amides is 1. The van der Waals surface area contributed by atoms with Gasteiger partial charge in [-0.25, -0.2) is 0 Å². The Labute approximate surface area is 109 Å². The van der Waals surface area contributed by atoms with E-state index in [4.69, 9.17) is 9.26 Å². The molecule has 1 heterocycles. The van der Waals surface area contributed by atoms with Gasteiger partial charge >= 0.3 is 0 Å². The lowest BCUT2D eigenvalue weighted by Crippen LogP contribution is -2.25. The summed E-state index contributed by atoms with van der Waals surface area (Å²) < 4.78 is 9.80. The molecule has 96 valence electrons. The van der Waals surface area contributed by atoms with E-state index in [1.165, 1.54) is 0 Å². The summed E-state index contributed by atoms with van der Waals surface area (Å²) in [6.07, 6.45) is 1.95. The van der Waals surface area contributed by atoms with Gasteiger partial charge in [0.1, 0.15) is 6.61 Å². The predicted octanol–water partition coefficient (Wildman–Crippen LogP) is 2.11. The normalized spacial score (nSPS) is 12.4. The van der Waals surface area contributed by atoms with Crippen LogP contribution in [-0.2, 0) is 11.3 Å². The summed E-state index contributed by atoms with van der Waals surface area (Å²) in [6.45, 7) is 3.04. The number of halogens is 1. The quantitative estimate of drug-likeness (QED) is 0.619. The third-order valence-corrected chi connectivity index (χ3v) is 2.60. The molecule has 1 rings (SSSR count). The molecule has 0 saturated heterocycles. The number of methoxy groups -OCH3 is 1. The van der Waals surface area contributed by atoms with Gasteiger partial charge in [-0.2, -0.15) is 0 Å². The minimum absolute atomic E-state index is 0.210. The number of hydrogen-bond donors (Lipinski definition) is 1. The Kier molecular flexibility index (Phi) is 6.21. The lowest BCUT2D eigenvalue weighted by Gasteiger charge is -2.03. The average Bonchev–Trinajstić information content (AvgIpc) is 2.73. The number of aromatic nitrogens is 1. The highest BCUT2D eigenvalue weighted by molar-refractivity contribution is 9.09. The molecule has 0 radical (unpaired) electrons. The highest BCUT2D eigenvalue weighted by Crippen LogP contribution is 2.06. The molecule has 1 N–H and O–H groups in total. The van der Waals surface area contributed by atoms with E-state index in [1.807, 2.05) is 0 Å². The van der Waals surface area contributed by atoms with Crippen LogP contribution in [0.5, 0.6) is 0 Å². The molecule has 0 aliphatic carbocycles. The minimum Gasteiger partial charge on any atom is -0.377 e. The zero-order chi connectivity index (χ0) is 12.7. The van der Waals surface area contributed by atoms with Gasteiger partial charge in [0.25, 0.3) is 5.91 Å². The molecule has 0 aliphatic heterocycles. The van der Waals surface area contributed by atoms with E-state index in [-0.39, 0.29) is 5.91 Å². The van der Waals surface area contributed by atoms with E-state index in [2.05, 4.69) is 33.3 Å². The first-order valence-corrected chi connectivity index (χ1v) is 6.42. The smallest absolute Gasteiger partial charge is 0.273 e. The van der Waals surface area contributed by atoms with E-state index in [0.29, 0.717) is 29.4 Å². The molecule has 17 heavy (non-hydrogen) atoms. The second kappa shape index (κ2) is 7.45. The first-order valence-electron chi connectivity index (χ1n) is 5.50. The predicted molar refractivity (Wildman–Crippen MR) is 67.2 cm³/mol. The van der Waals surface area contributed by atoms with Crippen LogP contribution in [0.2, 0.25) is 0 Å². The Bertz CT molecular complexity index is 352. The minimum atomic E-state index is -0.210. The Balaban J connectivity index is 2.31. The van der Waals surface area contributed by atoms with Crippen molar-refractivity contribution in [3.05, 3.63) is 17.5 Å². The van der Waals surface area contributed by atoms with Crippen LogP contribution in [0, 0.1) is 0 Å². The molecular formula is C11H17BrN2O3. The lowest BCUT2D eigenvalue weighted by molar-refractivity contribution is 0.0943. The molecule has 1 aromatic heterocycles. The van der Waals surface area contributed by atoms with Crippen molar-refractivity contribution >= 4 is 21.8 Å². The molecule has 0 saturated carbocycles. The second-order valence-electron chi connectivity index (χ2n) is 3.79. The lowest BCUT2D eigenvalue weighted by atomic mass is 10.2. The van der Waals surface area contributed by atoms with Crippen LogP contribution in [0.1, 0.15) is 36.0 Å². The van der Waals surface area contributed by atoms with Crippen LogP contribution in [0.25, 0.3) is 0 Å². The van der Waals surface area contributed by atoms with Gasteiger partial charge in [0.15, 0.2) is 11.5 Å². The Morgan fingerprint density at radius 1 is 1.71 bits per heavy atom. The van der Waals surface area contributed by atoms with Gasteiger partial charge in [0.2, 0.25) is 0 Å². The first-order chi connectivity index (χ1) is 8.13. The molecule has 6 heteroatoms. The monoisotopic (exact) mass is 304 g/mol. The Hall–Kier alpha value is -0.880. The molecular weight excluding hydrogens is 288 g/mol. The van der Waals surface area contributed by atoms with Gasteiger partial charge in [-0.05, 0) is 12.8 Å². The summed E-state index contributed by atoms with van der Waals surface area (Å²) in [5.41, 5.74) is 0.295. The zero-order valence-electron chi connectivity index (χ0n) is 10.0. The standard InChI is InChI=1S/C11H17BrN2O3/c1-8(12)4-3-5-13-11(15)10-6-9(7-16-2)17-14-10/h6,8H,3-5,7H2,1-2H3,(H,13,15). The number of rotatable bonds is 7. The fourth-order valence-electron chi connectivity index (χ4n) is 1.31. The van der Waals surface area contributed by atoms with E-state index in [0.717, 1.165) is 12.8 Å². The number of nitrogens with one attached hydrogen (secondary N) is 1. The topological polar surface area (TPSA) is 64.4 Å². The summed E-state index contributed by atoms with van der Waals surface area (Å²) >= 11 is 3.45. The number of carbonyl (C=O) groups is 1. The van der Waals surface area contributed by atoms with Crippen molar-refractivity contribution in [3.63, 3.8) is 0 Å². The SMILES string of the molecule is COCc1cc(C(=O)NCCCC(C)Br)no1. The van der Waals surface area contributed by atoms with Crippen LogP contribution in [0.4, 0.5) is 0 Å². The van der Waals surface area contributed by atoms with E-state index in [9.17, 15) is 4.79 Å². The van der Waals surface area contributed by atoms with Gasteiger partial charge in [-0.15, -0.1) is 0 Å². The number of nitrogens with zero attached hydrogens (tertiary/aromatic N) is 1. The summed E-state index contributed by atoms with van der Waals surface area (Å²) in [5, 5.41) is 6.46. The number of alkyl halides is 1. The highest BCUT2D eigenvalue weighted by Gasteiger charge is 2.11. The number of hydrogen-bond acceptors (Lipinski definition) is 4. The molecule has 1 aromatic rings. The second-order valence-corrected chi connectivity index (χ2v) is 5.35.